The average molecular weight is 365 g/mol. The van der Waals surface area contributed by atoms with Crippen molar-refractivity contribution in [3.05, 3.63) is 69.3 Å². The minimum Gasteiger partial charge on any atom is -0.415 e. The van der Waals surface area contributed by atoms with Crippen LogP contribution in [-0.2, 0) is 9.47 Å². The zero-order chi connectivity index (χ0) is 18.7. The quantitative estimate of drug-likeness (QED) is 0.356. The second-order valence-corrected chi connectivity index (χ2v) is 5.43. The zero-order valence-corrected chi connectivity index (χ0v) is 13.3. The van der Waals surface area contributed by atoms with Crippen molar-refractivity contribution >= 4 is 11.7 Å². The highest BCUT2D eigenvalue weighted by atomic mass is 19.1. The van der Waals surface area contributed by atoms with Gasteiger partial charge in [-0.1, -0.05) is 0 Å². The van der Waals surface area contributed by atoms with E-state index in [0.717, 1.165) is 18.6 Å². The molecular weight excluding hydrogens is 352 g/mol. The number of nitro benzene ring substituents is 1. The summed E-state index contributed by atoms with van der Waals surface area (Å²) in [6, 6.07) is 6.12. The molecule has 1 heterocycles. The number of esters is 1. The van der Waals surface area contributed by atoms with Gasteiger partial charge in [0.2, 0.25) is 5.75 Å². The van der Waals surface area contributed by atoms with Crippen molar-refractivity contribution in [2.75, 3.05) is 13.2 Å². The Kier molecular flexibility index (Phi) is 5.19. The minimum atomic E-state index is -1.18. The molecule has 7 nitrogen and oxygen atoms in total. The normalized spacial score (nSPS) is 14.8. The summed E-state index contributed by atoms with van der Waals surface area (Å²) >= 11 is 0. The van der Waals surface area contributed by atoms with Crippen molar-refractivity contribution in [2.45, 2.75) is 12.7 Å². The van der Waals surface area contributed by atoms with Gasteiger partial charge in [0.05, 0.1) is 23.7 Å². The Bertz CT molecular complexity index is 851. The van der Waals surface area contributed by atoms with E-state index in [-0.39, 0.29) is 5.75 Å². The van der Waals surface area contributed by atoms with Crippen LogP contribution in [0, 0.1) is 21.7 Å². The van der Waals surface area contributed by atoms with Crippen LogP contribution in [0.15, 0.2) is 36.4 Å². The molecule has 0 bridgehead atoms. The molecule has 1 aliphatic heterocycles. The number of ether oxygens (including phenoxy) is 3. The number of halogens is 2. The summed E-state index contributed by atoms with van der Waals surface area (Å²) in [6.07, 6.45) is -0.0286. The van der Waals surface area contributed by atoms with Crippen molar-refractivity contribution in [1.29, 1.82) is 0 Å². The molecule has 3 rings (SSSR count). The molecule has 2 aromatic carbocycles. The molecule has 0 amide bonds. The predicted octanol–water partition coefficient (Wildman–Crippen LogP) is 3.53. The number of hydrogen-bond acceptors (Lipinski definition) is 6. The molecule has 1 fully saturated rings. The average Bonchev–Trinajstić information content (AvgIpc) is 2.62. The van der Waals surface area contributed by atoms with Gasteiger partial charge in [-0.25, -0.2) is 13.6 Å². The van der Waals surface area contributed by atoms with E-state index in [4.69, 9.17) is 14.2 Å². The van der Waals surface area contributed by atoms with E-state index in [2.05, 4.69) is 0 Å². The van der Waals surface area contributed by atoms with Gasteiger partial charge in [-0.15, -0.1) is 0 Å². The number of rotatable bonds is 4. The first-order chi connectivity index (χ1) is 12.5. The highest BCUT2D eigenvalue weighted by molar-refractivity contribution is 5.91. The van der Waals surface area contributed by atoms with Crippen molar-refractivity contribution in [2.24, 2.45) is 0 Å². The predicted molar refractivity (Wildman–Crippen MR) is 83.7 cm³/mol. The Balaban J connectivity index is 1.86. The third-order valence-corrected chi connectivity index (χ3v) is 3.63. The fourth-order valence-corrected chi connectivity index (χ4v) is 2.40. The Labute approximate surface area is 146 Å². The third kappa shape index (κ3) is 3.84. The molecule has 0 N–H and O–H groups in total. The van der Waals surface area contributed by atoms with Gasteiger partial charge in [0, 0.05) is 17.7 Å². The van der Waals surface area contributed by atoms with Gasteiger partial charge in [0.25, 0.3) is 0 Å². The van der Waals surface area contributed by atoms with Crippen LogP contribution in [0.25, 0.3) is 0 Å². The van der Waals surface area contributed by atoms with E-state index in [9.17, 15) is 23.7 Å². The lowest BCUT2D eigenvalue weighted by Crippen LogP contribution is -2.18. The van der Waals surface area contributed by atoms with E-state index in [1.165, 1.54) is 18.2 Å². The number of nitro groups is 1. The monoisotopic (exact) mass is 365 g/mol. The molecule has 136 valence electrons. The number of hydrogen-bond donors (Lipinski definition) is 0. The maximum Gasteiger partial charge on any atom is 0.346 e. The fourth-order valence-electron chi connectivity index (χ4n) is 2.40. The van der Waals surface area contributed by atoms with E-state index >= 15 is 0 Å². The van der Waals surface area contributed by atoms with Crippen LogP contribution < -0.4 is 4.74 Å². The number of carbonyl (C=O) groups is 1. The van der Waals surface area contributed by atoms with Gasteiger partial charge in [0.1, 0.15) is 11.6 Å². The van der Waals surface area contributed by atoms with Crippen molar-refractivity contribution in [1.82, 2.24) is 0 Å². The van der Waals surface area contributed by atoms with Gasteiger partial charge >= 0.3 is 11.7 Å². The lowest BCUT2D eigenvalue weighted by Gasteiger charge is -2.23. The molecule has 26 heavy (non-hydrogen) atoms. The Morgan fingerprint density at radius 2 is 1.88 bits per heavy atom. The molecule has 0 aromatic heterocycles. The Hall–Kier alpha value is -2.91. The Morgan fingerprint density at radius 1 is 1.15 bits per heavy atom. The molecule has 2 aromatic rings. The van der Waals surface area contributed by atoms with Gasteiger partial charge in [0.15, 0.2) is 6.29 Å². The lowest BCUT2D eigenvalue weighted by atomic mass is 10.1. The van der Waals surface area contributed by atoms with E-state index in [1.54, 1.807) is 0 Å². The molecule has 0 unspecified atom stereocenters. The molecule has 0 radical (unpaired) electrons. The second kappa shape index (κ2) is 7.54. The minimum absolute atomic E-state index is 0.372. The van der Waals surface area contributed by atoms with Crippen LogP contribution in [0.1, 0.15) is 28.6 Å². The second-order valence-electron chi connectivity index (χ2n) is 5.43. The SMILES string of the molecule is O=C(Oc1ccc(C2OCCCO2)cc1[N+](=O)[O-])c1ccc(F)cc1F. The summed E-state index contributed by atoms with van der Waals surface area (Å²) in [7, 11) is 0. The van der Waals surface area contributed by atoms with Crippen LogP contribution in [0.3, 0.4) is 0 Å². The van der Waals surface area contributed by atoms with Gasteiger partial charge in [-0.2, -0.15) is 0 Å². The van der Waals surface area contributed by atoms with Crippen LogP contribution in [0.4, 0.5) is 14.5 Å². The number of carbonyl (C=O) groups excluding carboxylic acids is 1. The topological polar surface area (TPSA) is 87.9 Å². The van der Waals surface area contributed by atoms with Crippen molar-refractivity contribution in [3.8, 4) is 5.75 Å². The van der Waals surface area contributed by atoms with E-state index in [1.807, 2.05) is 0 Å². The molecule has 1 saturated heterocycles. The highest BCUT2D eigenvalue weighted by Gasteiger charge is 2.25. The first-order valence-corrected chi connectivity index (χ1v) is 7.64. The van der Waals surface area contributed by atoms with Crippen molar-refractivity contribution in [3.63, 3.8) is 0 Å². The molecule has 9 heteroatoms. The highest BCUT2D eigenvalue weighted by Crippen LogP contribution is 2.33. The van der Waals surface area contributed by atoms with Gasteiger partial charge < -0.3 is 14.2 Å². The van der Waals surface area contributed by atoms with Crippen molar-refractivity contribution < 1.29 is 32.7 Å². The third-order valence-electron chi connectivity index (χ3n) is 3.63. The van der Waals surface area contributed by atoms with Crippen LogP contribution in [-0.4, -0.2) is 24.1 Å². The smallest absolute Gasteiger partial charge is 0.346 e. The summed E-state index contributed by atoms with van der Waals surface area (Å²) in [5.41, 5.74) is -0.649. The first-order valence-electron chi connectivity index (χ1n) is 7.64. The molecule has 0 spiro atoms. The van der Waals surface area contributed by atoms with Crippen LogP contribution >= 0.6 is 0 Å². The maximum atomic E-state index is 13.7. The summed E-state index contributed by atoms with van der Waals surface area (Å²) in [5, 5.41) is 11.3. The van der Waals surface area contributed by atoms with Gasteiger partial charge in [-0.05, 0) is 30.7 Å². The molecule has 0 atom stereocenters. The Morgan fingerprint density at radius 3 is 2.54 bits per heavy atom. The summed E-state index contributed by atoms with van der Waals surface area (Å²) < 4.78 is 42.3. The van der Waals surface area contributed by atoms with Gasteiger partial charge in [-0.3, -0.25) is 10.1 Å². The summed E-state index contributed by atoms with van der Waals surface area (Å²) in [6.45, 7) is 0.915. The largest absolute Gasteiger partial charge is 0.415 e. The molecule has 0 saturated carbocycles. The lowest BCUT2D eigenvalue weighted by molar-refractivity contribution is -0.385. The molecule has 1 aliphatic rings. The zero-order valence-electron chi connectivity index (χ0n) is 13.3. The van der Waals surface area contributed by atoms with Crippen LogP contribution in [0.5, 0.6) is 5.75 Å². The number of benzene rings is 2. The number of nitrogens with zero attached hydrogens (tertiary/aromatic N) is 1. The molecular formula is C17H13F2NO6. The van der Waals surface area contributed by atoms with E-state index in [0.29, 0.717) is 24.8 Å². The maximum absolute atomic E-state index is 13.7. The molecule has 0 aliphatic carbocycles. The summed E-state index contributed by atoms with van der Waals surface area (Å²) in [5.74, 6) is -3.54. The summed E-state index contributed by atoms with van der Waals surface area (Å²) in [4.78, 5) is 22.6. The van der Waals surface area contributed by atoms with Crippen LogP contribution in [0.2, 0.25) is 0 Å². The van der Waals surface area contributed by atoms with E-state index < -0.39 is 40.1 Å². The first kappa shape index (κ1) is 17.9. The fraction of sp³-hybridized carbons (Fsp3) is 0.235. The standard InChI is InChI=1S/C17H13F2NO6/c18-11-3-4-12(13(19)9-11)16(21)26-15-5-2-10(8-14(15)20(22)23)17-24-6-1-7-25-17/h2-5,8-9,17H,1,6-7H2.